The van der Waals surface area contributed by atoms with Gasteiger partial charge in [0.05, 0.1) is 17.4 Å². The van der Waals surface area contributed by atoms with Crippen LogP contribution in [0.3, 0.4) is 0 Å². The van der Waals surface area contributed by atoms with Gasteiger partial charge in [-0.2, -0.15) is 0 Å². The van der Waals surface area contributed by atoms with Crippen LogP contribution in [0.2, 0.25) is 0 Å². The maximum absolute atomic E-state index is 14.1. The molecule has 4 fully saturated rings. The summed E-state index contributed by atoms with van der Waals surface area (Å²) < 4.78 is 0. The van der Waals surface area contributed by atoms with Crippen molar-refractivity contribution in [1.29, 1.82) is 0 Å². The number of nitrogens with one attached hydrogen (secondary N) is 1. The fourth-order valence-corrected chi connectivity index (χ4v) is 12.9. The van der Waals surface area contributed by atoms with Gasteiger partial charge in [-0.25, -0.2) is 4.79 Å². The minimum atomic E-state index is -0.880. The van der Waals surface area contributed by atoms with E-state index in [0.29, 0.717) is 54.8 Å². The van der Waals surface area contributed by atoms with E-state index in [9.17, 15) is 19.5 Å². The lowest BCUT2D eigenvalue weighted by Crippen LogP contribution is -2.62. The standard InChI is InChI=1S/C41H60N2O5.C3H6/c1-6-24-43(25-18-35(44)45)26-23-42-37(48)41-19-7-8-32(41)29-13-14-34-39(4,31(29)16-22-41)21-17-33-38(2,3)30(15-20-40(33,34)5)27-9-11-28(12-10-27)36(46)47;1-3-2/h9-12,15,29,31-34H,6-8,13-14,16-26H2,1-5H3,(H,42,48)(H,44,45)(H,46,47);3H,1H2,2H3. The van der Waals surface area contributed by atoms with Crippen molar-refractivity contribution in [2.24, 2.45) is 51.2 Å². The summed E-state index contributed by atoms with van der Waals surface area (Å²) in [6.07, 6.45) is 16.9. The second-order valence-electron chi connectivity index (χ2n) is 17.8. The SMILES string of the molecule is C=CC.CCCN(CCNC(=O)C12CCCC1C1CCC3C(C)(CCC4C(C)(C)C(c5ccc(C(=O)O)cc5)=CCC43C)C1CC2)CCC(=O)O. The van der Waals surface area contributed by atoms with Crippen LogP contribution in [0.1, 0.15) is 135 Å². The van der Waals surface area contributed by atoms with E-state index in [0.717, 1.165) is 50.6 Å². The molecule has 1 amide bonds. The molecule has 5 aliphatic carbocycles. The Kier molecular flexibility index (Phi) is 12.0. The highest BCUT2D eigenvalue weighted by Gasteiger charge is 2.66. The molecule has 8 unspecified atom stereocenters. The Bertz CT molecular complexity index is 1470. The number of rotatable bonds is 11. The Balaban J connectivity index is 0.00000162. The summed E-state index contributed by atoms with van der Waals surface area (Å²) in [5.74, 6) is 1.62. The number of hydrogen-bond acceptors (Lipinski definition) is 4. The van der Waals surface area contributed by atoms with E-state index in [2.05, 4.69) is 57.5 Å². The third-order valence-corrected chi connectivity index (χ3v) is 14.9. The molecule has 7 heteroatoms. The third-order valence-electron chi connectivity index (χ3n) is 14.9. The normalized spacial score (nSPS) is 34.7. The molecule has 4 saturated carbocycles. The number of carboxylic acids is 2. The number of benzene rings is 1. The number of aliphatic carboxylic acids is 1. The first-order valence-corrected chi connectivity index (χ1v) is 20.0. The lowest BCUT2D eigenvalue weighted by molar-refractivity contribution is -0.181. The topological polar surface area (TPSA) is 107 Å². The zero-order chi connectivity index (χ0) is 37.2. The molecular weight excluding hydrogens is 636 g/mol. The van der Waals surface area contributed by atoms with Crippen LogP contribution in [-0.2, 0) is 9.59 Å². The molecule has 3 N–H and O–H groups in total. The first-order valence-electron chi connectivity index (χ1n) is 20.0. The lowest BCUT2D eigenvalue weighted by Gasteiger charge is -2.68. The predicted octanol–water partition coefficient (Wildman–Crippen LogP) is 9.34. The van der Waals surface area contributed by atoms with E-state index < -0.39 is 11.9 Å². The van der Waals surface area contributed by atoms with Crippen LogP contribution in [0.25, 0.3) is 5.57 Å². The summed E-state index contributed by atoms with van der Waals surface area (Å²) >= 11 is 0. The molecule has 0 aliphatic heterocycles. The largest absolute Gasteiger partial charge is 0.481 e. The lowest BCUT2D eigenvalue weighted by atomic mass is 9.36. The van der Waals surface area contributed by atoms with Crippen LogP contribution in [0, 0.1) is 51.2 Å². The van der Waals surface area contributed by atoms with E-state index in [1.807, 2.05) is 19.1 Å². The van der Waals surface area contributed by atoms with E-state index >= 15 is 0 Å². The molecule has 0 spiro atoms. The van der Waals surface area contributed by atoms with E-state index in [4.69, 9.17) is 5.11 Å². The number of aromatic carboxylic acids is 1. The molecule has 5 aliphatic rings. The van der Waals surface area contributed by atoms with Gasteiger partial charge in [0.15, 0.2) is 0 Å². The third kappa shape index (κ3) is 7.22. The molecule has 0 bridgehead atoms. The number of carboxylic acid groups (broad SMARTS) is 2. The Morgan fingerprint density at radius 3 is 2.24 bits per heavy atom. The molecule has 0 radical (unpaired) electrons. The van der Waals surface area contributed by atoms with Gasteiger partial charge in [0.2, 0.25) is 5.91 Å². The molecule has 0 saturated heterocycles. The minimum absolute atomic E-state index is 0.00150. The minimum Gasteiger partial charge on any atom is -0.481 e. The number of nitrogens with zero attached hydrogens (tertiary/aromatic N) is 1. The first kappa shape index (κ1) is 39.3. The summed E-state index contributed by atoms with van der Waals surface area (Å²) in [7, 11) is 0. The summed E-state index contributed by atoms with van der Waals surface area (Å²) in [5, 5.41) is 22.0. The highest BCUT2D eigenvalue weighted by atomic mass is 16.4. The van der Waals surface area contributed by atoms with Gasteiger partial charge in [-0.05, 0) is 147 Å². The zero-order valence-corrected chi connectivity index (χ0v) is 32.4. The second-order valence-corrected chi connectivity index (χ2v) is 17.8. The molecule has 51 heavy (non-hydrogen) atoms. The van der Waals surface area contributed by atoms with Gasteiger partial charge in [-0.1, -0.05) is 65.3 Å². The van der Waals surface area contributed by atoms with Crippen LogP contribution in [0.5, 0.6) is 0 Å². The summed E-state index contributed by atoms with van der Waals surface area (Å²) in [4.78, 5) is 38.9. The van der Waals surface area contributed by atoms with Gasteiger partial charge in [0, 0.05) is 19.6 Å². The van der Waals surface area contributed by atoms with Crippen molar-refractivity contribution in [2.75, 3.05) is 26.2 Å². The average molecular weight is 703 g/mol. The van der Waals surface area contributed by atoms with Crippen molar-refractivity contribution in [1.82, 2.24) is 10.2 Å². The summed E-state index contributed by atoms with van der Waals surface area (Å²) in [6.45, 7) is 20.1. The molecular formula is C44H66N2O5. The number of hydrogen-bond donors (Lipinski definition) is 3. The monoisotopic (exact) mass is 702 g/mol. The van der Waals surface area contributed by atoms with Gasteiger partial charge in [0.25, 0.3) is 0 Å². The quantitative estimate of drug-likeness (QED) is 0.199. The maximum Gasteiger partial charge on any atom is 0.335 e. The molecule has 282 valence electrons. The number of carbonyl (C=O) groups is 3. The molecule has 1 aromatic carbocycles. The highest BCUT2D eigenvalue weighted by molar-refractivity contribution is 5.88. The average Bonchev–Trinajstić information content (AvgIpc) is 3.53. The van der Waals surface area contributed by atoms with Crippen LogP contribution >= 0.6 is 0 Å². The fraction of sp³-hybridized carbons (Fsp3) is 0.705. The van der Waals surface area contributed by atoms with Gasteiger partial charge < -0.3 is 20.4 Å². The maximum atomic E-state index is 14.1. The number of carbonyl (C=O) groups excluding carboxylic acids is 1. The highest BCUT2D eigenvalue weighted by Crippen LogP contribution is 2.73. The first-order chi connectivity index (χ1) is 24.2. The molecule has 7 nitrogen and oxygen atoms in total. The van der Waals surface area contributed by atoms with Crippen molar-refractivity contribution in [2.45, 2.75) is 119 Å². The Morgan fingerprint density at radius 1 is 0.882 bits per heavy atom. The second kappa shape index (κ2) is 15.6. The molecule has 0 heterocycles. The number of fused-ring (bicyclic) bond motifs is 7. The summed E-state index contributed by atoms with van der Waals surface area (Å²) in [5.41, 5.74) is 3.15. The van der Waals surface area contributed by atoms with Crippen molar-refractivity contribution >= 4 is 23.4 Å². The van der Waals surface area contributed by atoms with Gasteiger partial charge in [0.1, 0.15) is 0 Å². The molecule has 6 rings (SSSR count). The van der Waals surface area contributed by atoms with Crippen molar-refractivity contribution < 1.29 is 24.6 Å². The Labute approximate surface area is 307 Å². The predicted molar refractivity (Wildman–Crippen MR) is 205 cm³/mol. The molecule has 1 aromatic rings. The van der Waals surface area contributed by atoms with E-state index in [1.165, 1.54) is 37.7 Å². The Hall–Kier alpha value is -2.93. The Morgan fingerprint density at radius 2 is 1.59 bits per heavy atom. The van der Waals surface area contributed by atoms with Gasteiger partial charge >= 0.3 is 11.9 Å². The van der Waals surface area contributed by atoms with Crippen LogP contribution in [0.15, 0.2) is 43.0 Å². The van der Waals surface area contributed by atoms with Crippen molar-refractivity contribution in [3.63, 3.8) is 0 Å². The van der Waals surface area contributed by atoms with Crippen LogP contribution in [0.4, 0.5) is 0 Å². The van der Waals surface area contributed by atoms with Crippen LogP contribution < -0.4 is 5.32 Å². The summed E-state index contributed by atoms with van der Waals surface area (Å²) in [6, 6.07) is 7.50. The number of amides is 1. The smallest absolute Gasteiger partial charge is 0.335 e. The zero-order valence-electron chi connectivity index (χ0n) is 32.4. The van der Waals surface area contributed by atoms with E-state index in [-0.39, 0.29) is 34.0 Å². The van der Waals surface area contributed by atoms with Gasteiger partial charge in [-0.15, -0.1) is 6.58 Å². The van der Waals surface area contributed by atoms with E-state index in [1.54, 1.807) is 18.2 Å². The van der Waals surface area contributed by atoms with Crippen molar-refractivity contribution in [3.8, 4) is 0 Å². The molecule has 0 aromatic heterocycles. The van der Waals surface area contributed by atoms with Crippen LogP contribution in [-0.4, -0.2) is 59.1 Å². The molecule has 8 atom stereocenters. The number of allylic oxidation sites excluding steroid dienone is 3. The van der Waals surface area contributed by atoms with Gasteiger partial charge in [-0.3, -0.25) is 9.59 Å². The van der Waals surface area contributed by atoms with Crippen molar-refractivity contribution in [3.05, 3.63) is 54.1 Å². The fourth-order valence-electron chi connectivity index (χ4n) is 12.9.